The van der Waals surface area contributed by atoms with Gasteiger partial charge in [0.05, 0.1) is 13.2 Å². The van der Waals surface area contributed by atoms with Crippen molar-refractivity contribution in [3.05, 3.63) is 65.2 Å². The van der Waals surface area contributed by atoms with Crippen LogP contribution in [0.5, 0.6) is 5.75 Å². The van der Waals surface area contributed by atoms with E-state index in [0.29, 0.717) is 32.2 Å². The third kappa shape index (κ3) is 7.69. The van der Waals surface area contributed by atoms with Crippen molar-refractivity contribution in [3.63, 3.8) is 0 Å². The minimum Gasteiger partial charge on any atom is -0.497 e. The molecule has 3 rings (SSSR count). The molecule has 0 unspecified atom stereocenters. The first-order valence-electron chi connectivity index (χ1n) is 11.9. The lowest BCUT2D eigenvalue weighted by Gasteiger charge is -2.29. The summed E-state index contributed by atoms with van der Waals surface area (Å²) in [5.41, 5.74) is 2.60. The summed E-state index contributed by atoms with van der Waals surface area (Å²) >= 11 is 0. The number of ketones is 1. The number of nitrogens with one attached hydrogen (secondary N) is 1. The second kappa shape index (κ2) is 12.5. The summed E-state index contributed by atoms with van der Waals surface area (Å²) < 4.78 is 5.20. The zero-order valence-corrected chi connectivity index (χ0v) is 19.8. The number of ether oxygens (including phenoxy) is 1. The molecule has 1 aliphatic rings. The summed E-state index contributed by atoms with van der Waals surface area (Å²) in [6.45, 7) is 4.59. The fourth-order valence-electron chi connectivity index (χ4n) is 4.24. The monoisotopic (exact) mass is 452 g/mol. The van der Waals surface area contributed by atoms with E-state index in [-0.39, 0.29) is 11.7 Å². The Labute approximate surface area is 196 Å². The maximum absolute atomic E-state index is 12.7. The molecule has 6 nitrogen and oxygen atoms in total. The summed E-state index contributed by atoms with van der Waals surface area (Å²) in [4.78, 5) is 27.3. The second-order valence-electron chi connectivity index (χ2n) is 8.90. The lowest BCUT2D eigenvalue weighted by atomic mass is 10.0. The number of Topliss-reactive ketones (excluding diaryl/α,β-unsaturated/α-hetero) is 1. The van der Waals surface area contributed by atoms with E-state index in [1.165, 1.54) is 0 Å². The molecule has 0 bridgehead atoms. The maximum Gasteiger partial charge on any atom is 0.220 e. The van der Waals surface area contributed by atoms with Gasteiger partial charge in [0.25, 0.3) is 0 Å². The molecule has 0 aromatic heterocycles. The summed E-state index contributed by atoms with van der Waals surface area (Å²) in [6, 6.07) is 14.5. The Balaban J connectivity index is 1.50. The van der Waals surface area contributed by atoms with Crippen molar-refractivity contribution in [3.8, 4) is 5.75 Å². The smallest absolute Gasteiger partial charge is 0.220 e. The summed E-state index contributed by atoms with van der Waals surface area (Å²) in [5.74, 6) is 0.748. The SMILES string of the molecule is COc1ccc([C@@H](O)[C@@H](CN2CCCC2)NC(=O)CCCCC(=O)c2ccc(C)cc2)cc1. The van der Waals surface area contributed by atoms with Crippen LogP contribution in [0.1, 0.15) is 66.1 Å². The first kappa shape index (κ1) is 24.9. The highest BCUT2D eigenvalue weighted by molar-refractivity contribution is 5.96. The predicted octanol–water partition coefficient (Wildman–Crippen LogP) is 4.06. The molecule has 0 spiro atoms. The van der Waals surface area contributed by atoms with Crippen LogP contribution in [0.25, 0.3) is 0 Å². The van der Waals surface area contributed by atoms with Gasteiger partial charge in [0, 0.05) is 24.9 Å². The molecule has 2 aromatic carbocycles. The van der Waals surface area contributed by atoms with Gasteiger partial charge in [0.1, 0.15) is 11.9 Å². The van der Waals surface area contributed by atoms with Crippen LogP contribution in [-0.2, 0) is 4.79 Å². The number of benzene rings is 2. The molecule has 1 heterocycles. The Morgan fingerprint density at radius 2 is 1.64 bits per heavy atom. The number of rotatable bonds is 12. The van der Waals surface area contributed by atoms with Gasteiger partial charge in [-0.25, -0.2) is 0 Å². The molecule has 178 valence electrons. The number of nitrogens with zero attached hydrogens (tertiary/aromatic N) is 1. The van der Waals surface area contributed by atoms with Crippen molar-refractivity contribution >= 4 is 11.7 Å². The van der Waals surface area contributed by atoms with E-state index in [2.05, 4.69) is 10.2 Å². The number of carbonyl (C=O) groups is 2. The Hall–Kier alpha value is -2.70. The number of hydrogen-bond acceptors (Lipinski definition) is 5. The van der Waals surface area contributed by atoms with Crippen LogP contribution in [-0.4, -0.2) is 54.5 Å². The zero-order valence-electron chi connectivity index (χ0n) is 19.8. The number of likely N-dealkylation sites (tertiary alicyclic amines) is 1. The molecule has 2 aromatic rings. The van der Waals surface area contributed by atoms with E-state index in [1.54, 1.807) is 7.11 Å². The second-order valence-corrected chi connectivity index (χ2v) is 8.90. The number of methoxy groups -OCH3 is 1. The Bertz CT molecular complexity index is 889. The average Bonchev–Trinajstić information content (AvgIpc) is 3.34. The van der Waals surface area contributed by atoms with Gasteiger partial charge in [-0.3, -0.25) is 9.59 Å². The van der Waals surface area contributed by atoms with Gasteiger partial charge in [0.2, 0.25) is 5.91 Å². The van der Waals surface area contributed by atoms with Crippen LogP contribution >= 0.6 is 0 Å². The molecule has 1 fully saturated rings. The Kier molecular flexibility index (Phi) is 9.46. The molecule has 1 aliphatic heterocycles. The van der Waals surface area contributed by atoms with Crippen molar-refractivity contribution in [1.29, 1.82) is 0 Å². The molecule has 2 atom stereocenters. The van der Waals surface area contributed by atoms with Gasteiger partial charge in [-0.1, -0.05) is 42.0 Å². The lowest BCUT2D eigenvalue weighted by Crippen LogP contribution is -2.46. The molecular weight excluding hydrogens is 416 g/mol. The number of aryl methyl sites for hydroxylation is 1. The summed E-state index contributed by atoms with van der Waals surface area (Å²) in [7, 11) is 1.61. The van der Waals surface area contributed by atoms with Gasteiger partial charge in [-0.2, -0.15) is 0 Å². The quantitative estimate of drug-likeness (QED) is 0.375. The minimum absolute atomic E-state index is 0.0884. The third-order valence-electron chi connectivity index (χ3n) is 6.27. The molecule has 33 heavy (non-hydrogen) atoms. The van der Waals surface area contributed by atoms with E-state index in [1.807, 2.05) is 55.5 Å². The van der Waals surface area contributed by atoms with Crippen LogP contribution in [0.15, 0.2) is 48.5 Å². The fraction of sp³-hybridized carbons (Fsp3) is 0.481. The van der Waals surface area contributed by atoms with Gasteiger partial charge >= 0.3 is 0 Å². The van der Waals surface area contributed by atoms with Crippen LogP contribution in [0, 0.1) is 6.92 Å². The first-order chi connectivity index (χ1) is 16.0. The molecule has 1 saturated heterocycles. The predicted molar refractivity (Wildman–Crippen MR) is 130 cm³/mol. The van der Waals surface area contributed by atoms with Gasteiger partial charge in [-0.15, -0.1) is 0 Å². The van der Waals surface area contributed by atoms with E-state index in [9.17, 15) is 14.7 Å². The molecule has 0 aliphatic carbocycles. The van der Waals surface area contributed by atoms with Crippen molar-refractivity contribution in [2.45, 2.75) is 57.6 Å². The van der Waals surface area contributed by atoms with E-state index in [4.69, 9.17) is 4.74 Å². The average molecular weight is 453 g/mol. The highest BCUT2D eigenvalue weighted by Gasteiger charge is 2.26. The topological polar surface area (TPSA) is 78.9 Å². The van der Waals surface area contributed by atoms with Gasteiger partial charge < -0.3 is 20.1 Å². The van der Waals surface area contributed by atoms with Crippen LogP contribution < -0.4 is 10.1 Å². The molecular formula is C27H36N2O4. The number of unbranched alkanes of at least 4 members (excludes halogenated alkanes) is 1. The normalized spacial score (nSPS) is 15.7. The maximum atomic E-state index is 12.7. The number of hydrogen-bond donors (Lipinski definition) is 2. The highest BCUT2D eigenvalue weighted by Crippen LogP contribution is 2.22. The van der Waals surface area contributed by atoms with Crippen molar-refractivity contribution in [1.82, 2.24) is 10.2 Å². The van der Waals surface area contributed by atoms with E-state index in [0.717, 1.165) is 48.4 Å². The zero-order chi connectivity index (χ0) is 23.6. The number of amides is 1. The van der Waals surface area contributed by atoms with Crippen LogP contribution in [0.3, 0.4) is 0 Å². The molecule has 0 radical (unpaired) electrons. The standard InChI is InChI=1S/C27H36N2O4/c1-20-9-11-21(12-10-20)25(30)7-3-4-8-26(31)28-24(19-29-17-5-6-18-29)27(32)22-13-15-23(33-2)16-14-22/h9-16,24,27,32H,3-8,17-19H2,1-2H3,(H,28,31)/t24-,27-/m1/s1. The van der Waals surface area contributed by atoms with Gasteiger partial charge in [0.15, 0.2) is 5.78 Å². The lowest BCUT2D eigenvalue weighted by molar-refractivity contribution is -0.123. The molecule has 2 N–H and O–H groups in total. The van der Waals surface area contributed by atoms with Crippen LogP contribution in [0.4, 0.5) is 0 Å². The highest BCUT2D eigenvalue weighted by atomic mass is 16.5. The minimum atomic E-state index is -0.802. The van der Waals surface area contributed by atoms with Crippen LogP contribution in [0.2, 0.25) is 0 Å². The largest absolute Gasteiger partial charge is 0.497 e. The number of aliphatic hydroxyl groups is 1. The third-order valence-corrected chi connectivity index (χ3v) is 6.27. The van der Waals surface area contributed by atoms with E-state index < -0.39 is 12.1 Å². The van der Waals surface area contributed by atoms with Crippen molar-refractivity contribution in [2.75, 3.05) is 26.7 Å². The molecule has 1 amide bonds. The Morgan fingerprint density at radius 3 is 2.27 bits per heavy atom. The van der Waals surface area contributed by atoms with E-state index >= 15 is 0 Å². The number of aliphatic hydroxyl groups excluding tert-OH is 1. The van der Waals surface area contributed by atoms with Crippen molar-refractivity contribution in [2.24, 2.45) is 0 Å². The summed E-state index contributed by atoms with van der Waals surface area (Å²) in [6.07, 6.45) is 3.57. The van der Waals surface area contributed by atoms with Crippen molar-refractivity contribution < 1.29 is 19.4 Å². The van der Waals surface area contributed by atoms with Gasteiger partial charge in [-0.05, 0) is 63.4 Å². The first-order valence-corrected chi connectivity index (χ1v) is 11.9. The molecule has 6 heteroatoms. The fourth-order valence-corrected chi connectivity index (χ4v) is 4.24. The summed E-state index contributed by atoms with van der Waals surface area (Å²) in [5, 5.41) is 14.1. The number of carbonyl (C=O) groups excluding carboxylic acids is 2. The Morgan fingerprint density at radius 1 is 1.00 bits per heavy atom. The molecule has 0 saturated carbocycles.